The first kappa shape index (κ1) is 102. The van der Waals surface area contributed by atoms with Gasteiger partial charge in [0, 0.05) is 116 Å². The summed E-state index contributed by atoms with van der Waals surface area (Å²) in [6.07, 6.45) is 6.95. The fourth-order valence-corrected chi connectivity index (χ4v) is 16.5. The van der Waals surface area contributed by atoms with E-state index in [1.54, 1.807) is 58.9 Å². The van der Waals surface area contributed by atoms with Gasteiger partial charge in [0.1, 0.15) is 91.1 Å². The van der Waals surface area contributed by atoms with Gasteiger partial charge < -0.3 is 106 Å². The van der Waals surface area contributed by atoms with Gasteiger partial charge in [0.25, 0.3) is 17.7 Å². The molecule has 0 bridgehead atoms. The molecule has 7 aromatic rings. The van der Waals surface area contributed by atoms with Crippen molar-refractivity contribution in [2.45, 2.75) is 217 Å². The third kappa shape index (κ3) is 25.1. The summed E-state index contributed by atoms with van der Waals surface area (Å²) in [7, 11) is 1.30. The van der Waals surface area contributed by atoms with Crippen molar-refractivity contribution in [2.24, 2.45) is 11.7 Å². The molecule has 134 heavy (non-hydrogen) atoms. The molecule has 8 amide bonds. The summed E-state index contributed by atoms with van der Waals surface area (Å²) in [5.41, 5.74) is 4.33. The number of esters is 2. The Morgan fingerprint density at radius 2 is 0.955 bits per heavy atom. The lowest BCUT2D eigenvalue weighted by Crippen LogP contribution is -2.59. The number of carboxylic acids is 2. The Bertz CT molecular complexity index is 5410. The third-order valence-corrected chi connectivity index (χ3v) is 23.7. The maximum Gasteiger partial charge on any atom is 0.329 e. The molecule has 7 aliphatic rings. The first-order chi connectivity index (χ1) is 63.9. The van der Waals surface area contributed by atoms with Gasteiger partial charge in [-0.05, 0) is 140 Å². The number of aliphatic hydroxyl groups excluding tert-OH is 2. The topological polar surface area (TPSA) is 570 Å². The predicted molar refractivity (Wildman–Crippen MR) is 474 cm³/mol. The minimum atomic E-state index is -2.38. The molecule has 0 spiro atoms. The average Bonchev–Trinajstić information content (AvgIpc) is 0.787. The van der Waals surface area contributed by atoms with Crippen LogP contribution in [0.2, 0.25) is 0 Å². The first-order valence-corrected chi connectivity index (χ1v) is 43.9. The largest absolute Gasteiger partial charge is 0.507 e. The van der Waals surface area contributed by atoms with Gasteiger partial charge in [-0.1, -0.05) is 86.6 Å². The lowest BCUT2D eigenvalue weighted by Gasteiger charge is -2.43. The van der Waals surface area contributed by atoms with Crippen LogP contribution in [0.4, 0.5) is 0 Å². The number of ketones is 3. The highest BCUT2D eigenvalue weighted by molar-refractivity contribution is 6.31. The van der Waals surface area contributed by atoms with Crippen molar-refractivity contribution in [2.75, 3.05) is 39.9 Å². The van der Waals surface area contributed by atoms with Crippen molar-refractivity contribution in [3.05, 3.63) is 214 Å². The minimum Gasteiger partial charge on any atom is -0.507 e. The molecule has 14 atom stereocenters. The van der Waals surface area contributed by atoms with Gasteiger partial charge in [-0.15, -0.1) is 0 Å². The minimum absolute atomic E-state index is 0.0439. The molecule has 2 aliphatic carbocycles. The number of carbonyl (C=O) groups excluding carboxylic acids is 13. The van der Waals surface area contributed by atoms with Gasteiger partial charge in [0.15, 0.2) is 17.9 Å². The van der Waals surface area contributed by atoms with E-state index < -0.39 is 180 Å². The van der Waals surface area contributed by atoms with E-state index in [1.165, 1.54) is 108 Å². The van der Waals surface area contributed by atoms with E-state index in [2.05, 4.69) is 36.2 Å². The highest BCUT2D eigenvalue weighted by Crippen LogP contribution is 2.53. The summed E-state index contributed by atoms with van der Waals surface area (Å²) in [6.45, 7) is 12.1. The molecule has 4 aromatic carbocycles. The fraction of sp³-hybridized carbons (Fsp3) is 0.432. The number of Topliss-reactive ketones (excluding diaryl/α,β-unsaturated/α-hetero) is 1. The maximum atomic E-state index is 14.0. The molecule has 8 heterocycles. The maximum absolute atomic E-state index is 14.0. The number of aromatic nitrogens is 3. The molecular weight excluding hydrogens is 1740 g/mol. The molecule has 4 unspecified atom stereocenters. The summed E-state index contributed by atoms with van der Waals surface area (Å²) in [5.74, 6) is -10.1. The third-order valence-electron chi connectivity index (χ3n) is 23.7. The molecule has 13 N–H and O–H groups in total. The number of nitrogens with zero attached hydrogens (tertiary/aromatic N) is 7. The molecule has 0 radical (unpaired) electrons. The van der Waals surface area contributed by atoms with Gasteiger partial charge in [-0.3, -0.25) is 72.5 Å². The number of ether oxygens (including phenoxy) is 5. The van der Waals surface area contributed by atoms with E-state index in [9.17, 15) is 97.5 Å². The SMILES string of the molecule is CC(C)C(=O)O.COc1cccc2c1C(=O)c1c(O)c3c(c(O)c1C2=O)C[C@@](O)(C(=O)CO)C[C@@H]3OC1CC(NC(=O)[C@@H]2CCCN2C(=O)[C@@H](C)NC(=O)c2ccncc2)C(O)C(C)O1.C[C@@H](N)C(=O)N1CCC[C@H]1C(=O)OCc1ccccc1.C[C@@H](NC(=O)c1ccncc1)C(=O)N1CCC[C@H]1C(=O)O.C[C@@H](NC(=O)c1ccncc1)C(=O)N1CCC[C@H]1C(=O)OCc1ccccc1. The predicted octanol–water partition coefficient (Wildman–Crippen LogP) is 4.37. The van der Waals surface area contributed by atoms with Crippen molar-refractivity contribution in [3.63, 3.8) is 0 Å². The summed E-state index contributed by atoms with van der Waals surface area (Å²) >= 11 is 0. The molecule has 5 saturated heterocycles. The highest BCUT2D eigenvalue weighted by Gasteiger charge is 2.52. The number of pyridine rings is 3. The normalized spacial score (nSPS) is 21.6. The number of carbonyl (C=O) groups is 15. The number of phenolic OH excluding ortho intramolecular Hbond substituents is 2. The number of fused-ring (bicyclic) bond motifs is 3. The van der Waals surface area contributed by atoms with Crippen molar-refractivity contribution < 1.29 is 131 Å². The highest BCUT2D eigenvalue weighted by atomic mass is 16.7. The van der Waals surface area contributed by atoms with Crippen LogP contribution in [-0.2, 0) is 86.5 Å². The molecule has 39 heteroatoms. The number of aliphatic carboxylic acids is 2. The van der Waals surface area contributed by atoms with Crippen molar-refractivity contribution in [1.29, 1.82) is 0 Å². The molecule has 0 saturated carbocycles. The number of nitrogens with one attached hydrogen (secondary N) is 4. The molecule has 714 valence electrons. The second-order valence-corrected chi connectivity index (χ2v) is 33.5. The van der Waals surface area contributed by atoms with E-state index in [4.69, 9.17) is 39.6 Å². The molecule has 3 aromatic heterocycles. The Labute approximate surface area is 771 Å². The van der Waals surface area contributed by atoms with Gasteiger partial charge in [-0.2, -0.15) is 0 Å². The van der Waals surface area contributed by atoms with E-state index in [0.29, 0.717) is 74.8 Å². The smallest absolute Gasteiger partial charge is 0.329 e. The number of aromatic hydroxyl groups is 2. The number of phenols is 2. The van der Waals surface area contributed by atoms with E-state index >= 15 is 0 Å². The fourth-order valence-electron chi connectivity index (χ4n) is 16.5. The summed E-state index contributed by atoms with van der Waals surface area (Å²) in [6, 6.07) is 25.5. The first-order valence-electron chi connectivity index (χ1n) is 43.9. The van der Waals surface area contributed by atoms with E-state index in [1.807, 2.05) is 60.7 Å². The number of aliphatic hydroxyl groups is 3. The standard InChI is InChI=1S/C41H44N4O14.C21H23N3O4.C15H20N2O3.C14H17N3O4.C4H8O2/c1-18(43-38(53)20-9-11-42-12-10-20)40(55)45-13-5-7-24(45)39(54)44-23-14-28(58-19(2)33(23)48)59-26-16-41(56,27(47)17-46)15-22-30(26)37(52)32-31(35(22)50)34(49)21-6-4-8-25(57-3)29(21)36(32)51;1-15(23-19(25)17-9-11-22-12-10-17)20(26)24-13-5-8-18(24)21(27)28-14-16-6-3-2-4-7-16;1-11(16)14(18)17-9-5-8-13(17)15(19)20-10-12-6-3-2-4-7-12;1-9(16-12(18)10-4-6-15-7-5-10)13(19)17-8-2-3-11(17)14(20)21;1-3(2)4(5)6/h4,6,8-12,18-19,23-24,26,28,33,46,48,50,52,56H,5,7,13-17H2,1-3H3,(H,43,53)(H,44,54);2-4,6-7,9-12,15,18H,5,8,13-14H2,1H3,(H,23,25);2-4,6-7,11,13H,5,8-10,16H2,1H3;4-7,9,11H,2-3,8H2,1H3,(H,16,18)(H,20,21);3H,1-2H3,(H,5,6)/t18-,19?,23?,24+,26+,28?,33?,41+;15-,18+;11-,13+;9-,11+;/m1111./s1. The van der Waals surface area contributed by atoms with Crippen molar-refractivity contribution in [1.82, 2.24) is 55.8 Å². The number of rotatable bonds is 25. The van der Waals surface area contributed by atoms with E-state index in [0.717, 1.165) is 24.0 Å². The molecule has 5 aliphatic heterocycles. The molecule has 5 fully saturated rings. The van der Waals surface area contributed by atoms with Crippen LogP contribution in [0.5, 0.6) is 17.2 Å². The van der Waals surface area contributed by atoms with Crippen LogP contribution in [0.3, 0.4) is 0 Å². The Balaban J connectivity index is 0.000000204. The van der Waals surface area contributed by atoms with E-state index in [-0.39, 0.29) is 95.6 Å². The number of hydrogen-bond donors (Lipinski definition) is 12. The zero-order chi connectivity index (χ0) is 97.5. The lowest BCUT2D eigenvalue weighted by atomic mass is 9.72. The van der Waals surface area contributed by atoms with Crippen LogP contribution in [0.25, 0.3) is 0 Å². The Hall–Kier alpha value is -13.9. The van der Waals surface area contributed by atoms with Crippen molar-refractivity contribution >= 4 is 88.5 Å². The van der Waals surface area contributed by atoms with Crippen LogP contribution < -0.4 is 31.7 Å². The Kier molecular flexibility index (Phi) is 35.8. The van der Waals surface area contributed by atoms with Crippen LogP contribution in [0, 0.1) is 5.92 Å². The second-order valence-electron chi connectivity index (χ2n) is 33.5. The monoisotopic (exact) mass is 1850 g/mol. The van der Waals surface area contributed by atoms with Gasteiger partial charge >= 0.3 is 23.9 Å². The lowest BCUT2D eigenvalue weighted by molar-refractivity contribution is -0.249. The number of nitrogens with two attached hydrogens (primary N) is 1. The zero-order valence-electron chi connectivity index (χ0n) is 75.2. The van der Waals surface area contributed by atoms with Crippen LogP contribution in [0.1, 0.15) is 204 Å². The van der Waals surface area contributed by atoms with Crippen LogP contribution >= 0.6 is 0 Å². The number of benzene rings is 4. The quantitative estimate of drug-likeness (QED) is 0.0279. The van der Waals surface area contributed by atoms with Gasteiger partial charge in [-0.25, -0.2) is 14.4 Å². The average molecular weight is 1850 g/mol. The summed E-state index contributed by atoms with van der Waals surface area (Å²) in [5, 5.41) is 83.8. The number of likely N-dealkylation sites (tertiary alicyclic amines) is 4. The van der Waals surface area contributed by atoms with Gasteiger partial charge in [0.2, 0.25) is 35.3 Å². The summed E-state index contributed by atoms with van der Waals surface area (Å²) in [4.78, 5) is 205. The number of methoxy groups -OCH3 is 1. The number of hydrogen-bond acceptors (Lipinski definition) is 29. The number of carboxylic acid groups (broad SMARTS) is 2. The van der Waals surface area contributed by atoms with Crippen LogP contribution in [-0.4, -0.2) is 277 Å². The Morgan fingerprint density at radius 1 is 0.545 bits per heavy atom. The molecule has 14 rings (SSSR count). The summed E-state index contributed by atoms with van der Waals surface area (Å²) < 4.78 is 28.3. The molecular formula is C95H112N12O27. The molecule has 39 nitrogen and oxygen atoms in total. The van der Waals surface area contributed by atoms with Crippen molar-refractivity contribution in [3.8, 4) is 17.2 Å². The zero-order valence-corrected chi connectivity index (χ0v) is 75.2. The Morgan fingerprint density at radius 3 is 1.37 bits per heavy atom. The second kappa shape index (κ2) is 47.0. The van der Waals surface area contributed by atoms with Crippen LogP contribution in [0.15, 0.2) is 152 Å². The number of amides is 8. The van der Waals surface area contributed by atoms with Gasteiger partial charge in [0.05, 0.1) is 54.0 Å².